The van der Waals surface area contributed by atoms with Gasteiger partial charge in [0.25, 0.3) is 0 Å². The Morgan fingerprint density at radius 2 is 2.00 bits per heavy atom. The average Bonchev–Trinajstić information content (AvgIpc) is 2.79. The zero-order chi connectivity index (χ0) is 16.2. The van der Waals surface area contributed by atoms with Gasteiger partial charge in [-0.1, -0.05) is 30.3 Å². The van der Waals surface area contributed by atoms with Gasteiger partial charge in [-0.2, -0.15) is 5.10 Å². The summed E-state index contributed by atoms with van der Waals surface area (Å²) in [7, 11) is 0. The number of aromatic nitrogens is 2. The molecule has 0 spiro atoms. The number of aryl methyl sites for hydroxylation is 2. The number of amides is 1. The van der Waals surface area contributed by atoms with Crippen LogP contribution in [0.4, 0.5) is 0 Å². The first-order chi connectivity index (χ1) is 10.4. The third-order valence-electron chi connectivity index (χ3n) is 3.87. The molecule has 0 radical (unpaired) electrons. The van der Waals surface area contributed by atoms with E-state index >= 15 is 0 Å². The molecule has 2 aromatic rings. The number of hydrogen-bond donors (Lipinski definition) is 3. The molecule has 1 aromatic heterocycles. The summed E-state index contributed by atoms with van der Waals surface area (Å²) in [4.78, 5) is 12.3. The first-order valence-corrected chi connectivity index (χ1v) is 7.51. The van der Waals surface area contributed by atoms with E-state index in [1.165, 1.54) is 0 Å². The lowest BCUT2D eigenvalue weighted by Crippen LogP contribution is -2.53. The number of benzene rings is 1. The molecule has 0 fully saturated rings. The molecule has 0 aliphatic carbocycles. The summed E-state index contributed by atoms with van der Waals surface area (Å²) >= 11 is 0. The van der Waals surface area contributed by atoms with Gasteiger partial charge in [0.2, 0.25) is 5.91 Å². The molecule has 0 aliphatic heterocycles. The molecule has 1 aromatic carbocycles. The van der Waals surface area contributed by atoms with Crippen LogP contribution in [-0.4, -0.2) is 28.2 Å². The Bertz CT molecular complexity index is 612. The Labute approximate surface area is 131 Å². The number of carbonyl (C=O) groups excluding carboxylic acids is 1. The fourth-order valence-corrected chi connectivity index (χ4v) is 2.55. The third kappa shape index (κ3) is 3.95. The lowest BCUT2D eigenvalue weighted by atomic mass is 9.93. The first kappa shape index (κ1) is 16.2. The number of rotatable bonds is 6. The van der Waals surface area contributed by atoms with Gasteiger partial charge < -0.3 is 11.1 Å². The highest BCUT2D eigenvalue weighted by atomic mass is 16.2. The van der Waals surface area contributed by atoms with Gasteiger partial charge in [0, 0.05) is 12.2 Å². The fraction of sp³-hybridized carbons (Fsp3) is 0.412. The maximum atomic E-state index is 12.3. The quantitative estimate of drug-likeness (QED) is 0.758. The van der Waals surface area contributed by atoms with Gasteiger partial charge >= 0.3 is 0 Å². The van der Waals surface area contributed by atoms with Crippen LogP contribution in [0.2, 0.25) is 0 Å². The number of nitrogens with two attached hydrogens (primary N) is 1. The number of carbonyl (C=O) groups is 1. The van der Waals surface area contributed by atoms with E-state index < -0.39 is 5.54 Å². The molecule has 4 N–H and O–H groups in total. The van der Waals surface area contributed by atoms with Crippen molar-refractivity contribution >= 4 is 5.91 Å². The molecule has 1 unspecified atom stereocenters. The van der Waals surface area contributed by atoms with Crippen molar-refractivity contribution in [3.8, 4) is 0 Å². The predicted octanol–water partition coefficient (Wildman–Crippen LogP) is 1.65. The highest BCUT2D eigenvalue weighted by Gasteiger charge is 2.28. The molecule has 1 amide bonds. The lowest BCUT2D eigenvalue weighted by molar-refractivity contribution is -0.125. The van der Waals surface area contributed by atoms with Gasteiger partial charge in [-0.25, -0.2) is 0 Å². The number of aromatic amines is 1. The van der Waals surface area contributed by atoms with Crippen LogP contribution >= 0.6 is 0 Å². The first-order valence-electron chi connectivity index (χ1n) is 7.51. The zero-order valence-corrected chi connectivity index (χ0v) is 13.4. The van der Waals surface area contributed by atoms with E-state index in [-0.39, 0.29) is 5.91 Å². The second-order valence-electron chi connectivity index (χ2n) is 6.00. The number of hydrogen-bond acceptors (Lipinski definition) is 3. The van der Waals surface area contributed by atoms with Gasteiger partial charge in [-0.05, 0) is 44.7 Å². The molecule has 22 heavy (non-hydrogen) atoms. The van der Waals surface area contributed by atoms with Gasteiger partial charge in [-0.3, -0.25) is 9.89 Å². The Balaban J connectivity index is 1.88. The van der Waals surface area contributed by atoms with E-state index in [0.717, 1.165) is 28.9 Å². The standard InChI is InChI=1S/C17H24N4O/c1-12-15(13(2)21-20-12)9-10-19-16(22)17(3,18)11-14-7-5-4-6-8-14/h4-8H,9-11,18H2,1-3H3,(H,19,22)(H,20,21). The van der Waals surface area contributed by atoms with Crippen molar-refractivity contribution in [2.45, 2.75) is 39.2 Å². The van der Waals surface area contributed by atoms with E-state index in [1.54, 1.807) is 6.92 Å². The molecular weight excluding hydrogens is 276 g/mol. The van der Waals surface area contributed by atoms with Crippen molar-refractivity contribution in [3.05, 3.63) is 52.8 Å². The summed E-state index contributed by atoms with van der Waals surface area (Å²) in [5, 5.41) is 10.0. The third-order valence-corrected chi connectivity index (χ3v) is 3.87. The van der Waals surface area contributed by atoms with Crippen LogP contribution in [0.3, 0.4) is 0 Å². The summed E-state index contributed by atoms with van der Waals surface area (Å²) in [6.45, 7) is 6.27. The summed E-state index contributed by atoms with van der Waals surface area (Å²) < 4.78 is 0. The smallest absolute Gasteiger partial charge is 0.240 e. The number of H-pyrrole nitrogens is 1. The van der Waals surface area contributed by atoms with Crippen molar-refractivity contribution < 1.29 is 4.79 Å². The second kappa shape index (κ2) is 6.75. The van der Waals surface area contributed by atoms with Crippen LogP contribution in [0.5, 0.6) is 0 Å². The molecular formula is C17H24N4O. The Kier molecular flexibility index (Phi) is 4.98. The molecule has 1 atom stereocenters. The van der Waals surface area contributed by atoms with Gasteiger partial charge in [0.05, 0.1) is 11.2 Å². The summed E-state index contributed by atoms with van der Waals surface area (Å²) in [5.74, 6) is -0.129. The average molecular weight is 300 g/mol. The van der Waals surface area contributed by atoms with Crippen LogP contribution in [0.1, 0.15) is 29.4 Å². The molecule has 5 heteroatoms. The SMILES string of the molecule is Cc1n[nH]c(C)c1CCNC(=O)C(C)(N)Cc1ccccc1. The molecule has 0 bridgehead atoms. The van der Waals surface area contributed by atoms with E-state index in [4.69, 9.17) is 5.73 Å². The van der Waals surface area contributed by atoms with Crippen molar-refractivity contribution in [3.63, 3.8) is 0 Å². The van der Waals surface area contributed by atoms with Crippen molar-refractivity contribution in [2.75, 3.05) is 6.54 Å². The monoisotopic (exact) mass is 300 g/mol. The summed E-state index contributed by atoms with van der Waals surface area (Å²) in [5.41, 5.74) is 9.51. The Morgan fingerprint density at radius 1 is 1.32 bits per heavy atom. The second-order valence-corrected chi connectivity index (χ2v) is 6.00. The van der Waals surface area contributed by atoms with Crippen LogP contribution in [-0.2, 0) is 17.6 Å². The van der Waals surface area contributed by atoms with Gasteiger partial charge in [0.1, 0.15) is 0 Å². The van der Waals surface area contributed by atoms with E-state index in [2.05, 4.69) is 15.5 Å². The van der Waals surface area contributed by atoms with Crippen molar-refractivity contribution in [1.29, 1.82) is 0 Å². The minimum atomic E-state index is -0.915. The molecule has 2 rings (SSSR count). The largest absolute Gasteiger partial charge is 0.354 e. The topological polar surface area (TPSA) is 83.8 Å². The van der Waals surface area contributed by atoms with Gasteiger partial charge in [0.15, 0.2) is 0 Å². The summed E-state index contributed by atoms with van der Waals surface area (Å²) in [6.07, 6.45) is 1.27. The molecule has 5 nitrogen and oxygen atoms in total. The van der Waals surface area contributed by atoms with Crippen LogP contribution in [0.15, 0.2) is 30.3 Å². The molecule has 1 heterocycles. The van der Waals surface area contributed by atoms with E-state index in [0.29, 0.717) is 13.0 Å². The number of nitrogens with one attached hydrogen (secondary N) is 2. The molecule has 118 valence electrons. The molecule has 0 saturated carbocycles. The summed E-state index contributed by atoms with van der Waals surface area (Å²) in [6, 6.07) is 9.82. The predicted molar refractivity (Wildman–Crippen MR) is 87.5 cm³/mol. The van der Waals surface area contributed by atoms with Crippen molar-refractivity contribution in [2.24, 2.45) is 5.73 Å². The van der Waals surface area contributed by atoms with E-state index in [9.17, 15) is 4.79 Å². The zero-order valence-electron chi connectivity index (χ0n) is 13.4. The number of nitrogens with zero attached hydrogens (tertiary/aromatic N) is 1. The lowest BCUT2D eigenvalue weighted by Gasteiger charge is -2.23. The minimum Gasteiger partial charge on any atom is -0.354 e. The van der Waals surface area contributed by atoms with Crippen LogP contribution < -0.4 is 11.1 Å². The highest BCUT2D eigenvalue weighted by molar-refractivity contribution is 5.85. The normalized spacial score (nSPS) is 13.6. The molecule has 0 saturated heterocycles. The van der Waals surface area contributed by atoms with Gasteiger partial charge in [-0.15, -0.1) is 0 Å². The fourth-order valence-electron chi connectivity index (χ4n) is 2.55. The maximum Gasteiger partial charge on any atom is 0.240 e. The molecule has 0 aliphatic rings. The Morgan fingerprint density at radius 3 is 2.59 bits per heavy atom. The highest BCUT2D eigenvalue weighted by Crippen LogP contribution is 2.12. The minimum absolute atomic E-state index is 0.129. The van der Waals surface area contributed by atoms with Crippen LogP contribution in [0.25, 0.3) is 0 Å². The van der Waals surface area contributed by atoms with Crippen LogP contribution in [0, 0.1) is 13.8 Å². The maximum absolute atomic E-state index is 12.3. The van der Waals surface area contributed by atoms with Crippen molar-refractivity contribution in [1.82, 2.24) is 15.5 Å². The van der Waals surface area contributed by atoms with E-state index in [1.807, 2.05) is 44.2 Å². The Hall–Kier alpha value is -2.14.